The van der Waals surface area contributed by atoms with Crippen LogP contribution in [0.25, 0.3) is 0 Å². The third-order valence-electron chi connectivity index (χ3n) is 4.82. The monoisotopic (exact) mass is 265 g/mol. The Bertz CT molecular complexity index is 250. The Morgan fingerprint density at radius 1 is 1.16 bits per heavy atom. The van der Waals surface area contributed by atoms with Crippen LogP contribution < -0.4 is 5.32 Å². The Balaban J connectivity index is 2.45. The fourth-order valence-corrected chi connectivity index (χ4v) is 3.24. The Morgan fingerprint density at radius 2 is 1.84 bits per heavy atom. The smallest absolute Gasteiger partial charge is 0.0258 e. The number of allylic oxidation sites excluding steroid dienone is 2. The molecule has 2 atom stereocenters. The first kappa shape index (κ1) is 16.6. The van der Waals surface area contributed by atoms with E-state index in [1.165, 1.54) is 57.8 Å². The van der Waals surface area contributed by atoms with E-state index in [-0.39, 0.29) is 0 Å². The van der Waals surface area contributed by atoms with Crippen molar-refractivity contribution in [3.63, 3.8) is 0 Å². The molecule has 1 saturated carbocycles. The Kier molecular flexibility index (Phi) is 8.25. The molecule has 0 aromatic rings. The van der Waals surface area contributed by atoms with Gasteiger partial charge in [-0.25, -0.2) is 0 Å². The minimum absolute atomic E-state index is 0.700. The lowest BCUT2D eigenvalue weighted by atomic mass is 9.95. The summed E-state index contributed by atoms with van der Waals surface area (Å²) in [4.78, 5) is 0. The van der Waals surface area contributed by atoms with Crippen molar-refractivity contribution in [3.05, 3.63) is 11.8 Å². The van der Waals surface area contributed by atoms with Crippen molar-refractivity contribution < 1.29 is 0 Å². The molecule has 1 unspecified atom stereocenters. The molecule has 0 radical (unpaired) electrons. The number of hydrogen-bond acceptors (Lipinski definition) is 1. The Hall–Kier alpha value is -0.460. The second-order valence-electron chi connectivity index (χ2n) is 6.45. The zero-order valence-electron chi connectivity index (χ0n) is 13.7. The van der Waals surface area contributed by atoms with Gasteiger partial charge in [-0.05, 0) is 50.9 Å². The molecule has 1 N–H and O–H groups in total. The summed E-state index contributed by atoms with van der Waals surface area (Å²) in [7, 11) is 0. The van der Waals surface area contributed by atoms with E-state index in [2.05, 4.69) is 39.1 Å². The molecule has 19 heavy (non-hydrogen) atoms. The Morgan fingerprint density at radius 3 is 2.37 bits per heavy atom. The fraction of sp³-hybridized carbons (Fsp3) is 0.889. The van der Waals surface area contributed by atoms with Crippen LogP contribution in [0.15, 0.2) is 11.8 Å². The van der Waals surface area contributed by atoms with Gasteiger partial charge in [-0.15, -0.1) is 0 Å². The number of rotatable bonds is 9. The minimum atomic E-state index is 0.700. The van der Waals surface area contributed by atoms with Crippen molar-refractivity contribution in [2.24, 2.45) is 11.8 Å². The molecule has 1 aliphatic carbocycles. The maximum absolute atomic E-state index is 3.89. The average Bonchev–Trinajstić information content (AvgIpc) is 2.95. The van der Waals surface area contributed by atoms with Crippen LogP contribution in [0.2, 0.25) is 0 Å². The van der Waals surface area contributed by atoms with Crippen LogP contribution in [0.1, 0.15) is 85.5 Å². The van der Waals surface area contributed by atoms with Gasteiger partial charge in [0, 0.05) is 11.7 Å². The van der Waals surface area contributed by atoms with Gasteiger partial charge in [-0.2, -0.15) is 0 Å². The highest BCUT2D eigenvalue weighted by molar-refractivity contribution is 5.06. The van der Waals surface area contributed by atoms with Crippen LogP contribution >= 0.6 is 0 Å². The van der Waals surface area contributed by atoms with Crippen LogP contribution in [-0.4, -0.2) is 6.04 Å². The maximum Gasteiger partial charge on any atom is 0.0258 e. The van der Waals surface area contributed by atoms with E-state index >= 15 is 0 Å². The molecule has 0 aliphatic heterocycles. The molecule has 0 aromatic carbocycles. The Labute approximate surface area is 121 Å². The van der Waals surface area contributed by atoms with Crippen molar-refractivity contribution >= 4 is 0 Å². The van der Waals surface area contributed by atoms with Crippen LogP contribution in [0, 0.1) is 11.8 Å². The number of nitrogens with one attached hydrogen (secondary N) is 1. The first-order valence-electron chi connectivity index (χ1n) is 8.63. The highest BCUT2D eigenvalue weighted by Gasteiger charge is 2.21. The zero-order valence-corrected chi connectivity index (χ0v) is 13.7. The molecule has 1 heteroatoms. The summed E-state index contributed by atoms with van der Waals surface area (Å²) in [5, 5.41) is 3.89. The third-order valence-corrected chi connectivity index (χ3v) is 4.82. The summed E-state index contributed by atoms with van der Waals surface area (Å²) in [6.07, 6.45) is 14.6. The molecule has 0 bridgehead atoms. The summed E-state index contributed by atoms with van der Waals surface area (Å²) in [6.45, 7) is 9.21. The first-order valence-corrected chi connectivity index (χ1v) is 8.63. The highest BCUT2D eigenvalue weighted by Crippen LogP contribution is 2.30. The molecule has 0 spiro atoms. The predicted octanol–water partition coefficient (Wildman–Crippen LogP) is 5.67. The normalized spacial score (nSPS) is 20.5. The van der Waals surface area contributed by atoms with Crippen molar-refractivity contribution in [2.75, 3.05) is 0 Å². The molecule has 1 nitrogen and oxygen atoms in total. The first-order chi connectivity index (χ1) is 9.21. The molecular formula is C18H35N. The molecule has 0 amide bonds. The fourth-order valence-electron chi connectivity index (χ4n) is 3.24. The standard InChI is InChI=1S/C18H35N/c1-5-10-17(14-13-15(4)6-2)19-18(7-3)16-11-8-9-12-16/h7,15-17,19H,5-6,8-14H2,1-4H3/b18-7-/t15-,17?/m1/s1. The van der Waals surface area contributed by atoms with E-state index < -0.39 is 0 Å². The van der Waals surface area contributed by atoms with Gasteiger partial charge in [-0.1, -0.05) is 52.5 Å². The molecule has 112 valence electrons. The summed E-state index contributed by atoms with van der Waals surface area (Å²) in [5.74, 6) is 1.70. The summed E-state index contributed by atoms with van der Waals surface area (Å²) < 4.78 is 0. The van der Waals surface area contributed by atoms with Gasteiger partial charge in [0.05, 0.1) is 0 Å². The second kappa shape index (κ2) is 9.44. The lowest BCUT2D eigenvalue weighted by molar-refractivity contribution is 0.396. The third kappa shape index (κ3) is 6.01. The SMILES string of the molecule is C/C=C(\NC(CCC)CC[C@H](C)CC)C1CCCC1. The van der Waals surface area contributed by atoms with Crippen LogP contribution in [-0.2, 0) is 0 Å². The van der Waals surface area contributed by atoms with Gasteiger partial charge in [0.25, 0.3) is 0 Å². The average molecular weight is 265 g/mol. The van der Waals surface area contributed by atoms with Crippen molar-refractivity contribution in [3.8, 4) is 0 Å². The van der Waals surface area contributed by atoms with E-state index in [4.69, 9.17) is 0 Å². The van der Waals surface area contributed by atoms with Gasteiger partial charge in [0.2, 0.25) is 0 Å². The molecule has 1 rings (SSSR count). The molecule has 0 saturated heterocycles. The topological polar surface area (TPSA) is 12.0 Å². The lowest BCUT2D eigenvalue weighted by Gasteiger charge is -2.25. The van der Waals surface area contributed by atoms with E-state index in [1.54, 1.807) is 5.70 Å². The van der Waals surface area contributed by atoms with Crippen molar-refractivity contribution in [2.45, 2.75) is 91.5 Å². The quantitative estimate of drug-likeness (QED) is 0.567. The number of hydrogen-bond donors (Lipinski definition) is 1. The minimum Gasteiger partial charge on any atom is -0.386 e. The van der Waals surface area contributed by atoms with Crippen molar-refractivity contribution in [1.29, 1.82) is 0 Å². The van der Waals surface area contributed by atoms with Crippen LogP contribution in [0.4, 0.5) is 0 Å². The van der Waals surface area contributed by atoms with Crippen molar-refractivity contribution in [1.82, 2.24) is 5.32 Å². The van der Waals surface area contributed by atoms with Crippen LogP contribution in [0.5, 0.6) is 0 Å². The molecular weight excluding hydrogens is 230 g/mol. The molecule has 1 aliphatic rings. The van der Waals surface area contributed by atoms with Gasteiger partial charge in [-0.3, -0.25) is 0 Å². The summed E-state index contributed by atoms with van der Waals surface area (Å²) >= 11 is 0. The summed E-state index contributed by atoms with van der Waals surface area (Å²) in [6, 6.07) is 0.700. The molecule has 0 aromatic heterocycles. The van der Waals surface area contributed by atoms with Crippen LogP contribution in [0.3, 0.4) is 0 Å². The predicted molar refractivity (Wildman–Crippen MR) is 86.2 cm³/mol. The molecule has 1 fully saturated rings. The maximum atomic E-state index is 3.89. The van der Waals surface area contributed by atoms with E-state index in [9.17, 15) is 0 Å². The largest absolute Gasteiger partial charge is 0.386 e. The van der Waals surface area contributed by atoms with E-state index in [1.807, 2.05) is 0 Å². The second-order valence-corrected chi connectivity index (χ2v) is 6.45. The van der Waals surface area contributed by atoms with Gasteiger partial charge in [0.15, 0.2) is 0 Å². The van der Waals surface area contributed by atoms with Gasteiger partial charge in [0.1, 0.15) is 0 Å². The molecule has 0 heterocycles. The van der Waals surface area contributed by atoms with Gasteiger partial charge >= 0.3 is 0 Å². The van der Waals surface area contributed by atoms with E-state index in [0.717, 1.165) is 11.8 Å². The van der Waals surface area contributed by atoms with E-state index in [0.29, 0.717) is 6.04 Å². The highest BCUT2D eigenvalue weighted by atomic mass is 14.9. The zero-order chi connectivity index (χ0) is 14.1. The summed E-state index contributed by atoms with van der Waals surface area (Å²) in [5.41, 5.74) is 1.54. The lowest BCUT2D eigenvalue weighted by Crippen LogP contribution is -2.31. The van der Waals surface area contributed by atoms with Gasteiger partial charge < -0.3 is 5.32 Å².